The van der Waals surface area contributed by atoms with Crippen LogP contribution in [0.5, 0.6) is 0 Å². The molecule has 3 rings (SSSR count). The molecule has 1 aromatic rings. The van der Waals surface area contributed by atoms with Crippen molar-refractivity contribution in [3.63, 3.8) is 0 Å². The second-order valence-electron chi connectivity index (χ2n) is 15.4. The molecule has 12 nitrogen and oxygen atoms in total. The molecule has 0 aliphatic carbocycles. The van der Waals surface area contributed by atoms with Crippen LogP contribution in [0.25, 0.3) is 0 Å². The molecule has 0 bridgehead atoms. The van der Waals surface area contributed by atoms with Gasteiger partial charge in [0.05, 0.1) is 5.92 Å². The van der Waals surface area contributed by atoms with E-state index in [1.807, 2.05) is 44.2 Å². The van der Waals surface area contributed by atoms with Crippen molar-refractivity contribution in [3.8, 4) is 0 Å². The molecular formula is C41H62N4O8. The number of benzene rings is 1. The van der Waals surface area contributed by atoms with Crippen LogP contribution in [0.2, 0.25) is 0 Å². The van der Waals surface area contributed by atoms with Gasteiger partial charge >= 0.3 is 11.9 Å². The Morgan fingerprint density at radius 1 is 0.887 bits per heavy atom. The lowest BCUT2D eigenvalue weighted by Crippen LogP contribution is -2.57. The molecule has 4 amide bonds. The van der Waals surface area contributed by atoms with Gasteiger partial charge in [-0.3, -0.25) is 19.2 Å². The second-order valence-corrected chi connectivity index (χ2v) is 15.4. The Kier molecular flexibility index (Phi) is 16.1. The lowest BCUT2D eigenvalue weighted by molar-refractivity contribution is -0.171. The van der Waals surface area contributed by atoms with Crippen molar-refractivity contribution < 1.29 is 38.2 Å². The first-order valence-electron chi connectivity index (χ1n) is 19.2. The predicted molar refractivity (Wildman–Crippen MR) is 202 cm³/mol. The average Bonchev–Trinajstić information content (AvgIpc) is 3.63. The quantitative estimate of drug-likeness (QED) is 0.210. The number of allylic oxidation sites excluding steroid dienone is 1. The molecule has 294 valence electrons. The minimum atomic E-state index is -1.24. The Morgan fingerprint density at radius 2 is 1.55 bits per heavy atom. The van der Waals surface area contributed by atoms with E-state index < -0.39 is 83.8 Å². The molecule has 2 heterocycles. The van der Waals surface area contributed by atoms with Crippen LogP contribution < -0.4 is 5.32 Å². The first kappa shape index (κ1) is 43.2. The topological polar surface area (TPSA) is 143 Å². The SMILES string of the molecule is C=CCCCC1OC(=O)[C@H]([C@@H](C)CC)N(C)C(=O)[C@@H]2CCCN2C(=O)[C@H](C(C)C)OC(=O)[C@H](Cc2ccccc2)N(C)C(=O)[C@H](C(C)C)NC(=O)C1C. The molecule has 1 aromatic carbocycles. The summed E-state index contributed by atoms with van der Waals surface area (Å²) in [7, 11) is 3.05. The highest BCUT2D eigenvalue weighted by atomic mass is 16.6. The van der Waals surface area contributed by atoms with Gasteiger partial charge in [0.25, 0.3) is 5.91 Å². The summed E-state index contributed by atoms with van der Waals surface area (Å²) in [5.41, 5.74) is 0.770. The van der Waals surface area contributed by atoms with Crippen molar-refractivity contribution in [3.05, 3.63) is 48.6 Å². The van der Waals surface area contributed by atoms with Crippen LogP contribution in [0.1, 0.15) is 92.6 Å². The van der Waals surface area contributed by atoms with Crippen molar-refractivity contribution in [2.75, 3.05) is 20.6 Å². The van der Waals surface area contributed by atoms with Gasteiger partial charge in [-0.1, -0.05) is 91.3 Å². The molecule has 1 N–H and O–H groups in total. The molecule has 2 unspecified atom stereocenters. The van der Waals surface area contributed by atoms with Crippen LogP contribution in [-0.4, -0.2) is 107 Å². The van der Waals surface area contributed by atoms with Gasteiger partial charge < -0.3 is 29.5 Å². The van der Waals surface area contributed by atoms with Gasteiger partial charge in [-0.25, -0.2) is 9.59 Å². The zero-order chi connectivity index (χ0) is 39.6. The van der Waals surface area contributed by atoms with E-state index in [0.29, 0.717) is 38.5 Å². The van der Waals surface area contributed by atoms with E-state index in [1.54, 1.807) is 47.7 Å². The van der Waals surface area contributed by atoms with Crippen molar-refractivity contribution in [1.82, 2.24) is 20.0 Å². The van der Waals surface area contributed by atoms with Gasteiger partial charge in [0.15, 0.2) is 6.10 Å². The molecule has 2 aliphatic heterocycles. The zero-order valence-electron chi connectivity index (χ0n) is 33.2. The molecule has 12 heteroatoms. The van der Waals surface area contributed by atoms with Gasteiger partial charge in [-0.15, -0.1) is 6.58 Å². The van der Waals surface area contributed by atoms with E-state index in [9.17, 15) is 28.8 Å². The maximum atomic E-state index is 14.3. The number of carbonyl (C=O) groups is 6. The highest BCUT2D eigenvalue weighted by Gasteiger charge is 2.45. The number of likely N-dealkylation sites (N-methyl/N-ethyl adjacent to an activating group) is 2. The number of fused-ring (bicyclic) bond motifs is 1. The zero-order valence-corrected chi connectivity index (χ0v) is 33.2. The highest BCUT2D eigenvalue weighted by Crippen LogP contribution is 2.28. The summed E-state index contributed by atoms with van der Waals surface area (Å²) in [5, 5.41) is 2.90. The number of cyclic esters (lactones) is 2. The molecule has 0 radical (unpaired) electrons. The number of unbranched alkanes of at least 4 members (excludes halogenated alkanes) is 1. The molecule has 0 spiro atoms. The van der Waals surface area contributed by atoms with Crippen LogP contribution >= 0.6 is 0 Å². The number of hydrogen-bond acceptors (Lipinski definition) is 8. The number of carbonyl (C=O) groups excluding carboxylic acids is 6. The maximum Gasteiger partial charge on any atom is 0.329 e. The van der Waals surface area contributed by atoms with Crippen molar-refractivity contribution in [1.29, 1.82) is 0 Å². The Labute approximate surface area is 316 Å². The van der Waals surface area contributed by atoms with Gasteiger partial charge in [0.2, 0.25) is 17.7 Å². The maximum absolute atomic E-state index is 14.3. The number of amides is 4. The Balaban J connectivity index is 2.18. The van der Waals surface area contributed by atoms with E-state index >= 15 is 0 Å². The summed E-state index contributed by atoms with van der Waals surface area (Å²) in [6.45, 7) is 16.6. The summed E-state index contributed by atoms with van der Waals surface area (Å²) in [6, 6.07) is 5.16. The smallest absolute Gasteiger partial charge is 0.329 e. The van der Waals surface area contributed by atoms with Crippen molar-refractivity contribution >= 4 is 35.6 Å². The number of ether oxygens (including phenoxy) is 2. The van der Waals surface area contributed by atoms with Crippen LogP contribution in [0.3, 0.4) is 0 Å². The molecular weight excluding hydrogens is 676 g/mol. The van der Waals surface area contributed by atoms with E-state index in [2.05, 4.69) is 11.9 Å². The van der Waals surface area contributed by atoms with Crippen molar-refractivity contribution in [2.45, 2.75) is 130 Å². The standard InChI is InChI=1S/C41H62N4O8/c1-11-13-15-22-32-28(8)36(46)42-33(25(3)4)38(48)43(9)31(24-29-19-16-14-17-20-29)40(50)53-35(26(5)6)39(49)45-23-18-21-30(45)37(47)44(10)34(27(7)12-2)41(51)52-32/h11,14,16-17,19-20,25-28,30-35H,1,12-13,15,18,21-24H2,2-10H3,(H,42,46)/t27-,28?,30-,31-,32?,33-,34-,35-/m0/s1. The monoisotopic (exact) mass is 738 g/mol. The van der Waals surface area contributed by atoms with Gasteiger partial charge in [0.1, 0.15) is 30.3 Å². The minimum absolute atomic E-state index is 0.101. The predicted octanol–water partition coefficient (Wildman–Crippen LogP) is 4.55. The Hall–Kier alpha value is -4.22. The number of hydrogen-bond donors (Lipinski definition) is 1. The summed E-state index contributed by atoms with van der Waals surface area (Å²) >= 11 is 0. The van der Waals surface area contributed by atoms with Crippen molar-refractivity contribution in [2.24, 2.45) is 23.7 Å². The van der Waals surface area contributed by atoms with Gasteiger partial charge in [-0.2, -0.15) is 0 Å². The third-order valence-corrected chi connectivity index (χ3v) is 10.8. The molecule has 8 atom stereocenters. The third-order valence-electron chi connectivity index (χ3n) is 10.8. The van der Waals surface area contributed by atoms with E-state index in [0.717, 1.165) is 5.56 Å². The third kappa shape index (κ3) is 10.7. The second kappa shape index (κ2) is 19.7. The van der Waals surface area contributed by atoms with Gasteiger partial charge in [0, 0.05) is 27.1 Å². The normalized spacial score (nSPS) is 27.8. The lowest BCUT2D eigenvalue weighted by atomic mass is 9.94. The Bertz CT molecular complexity index is 1450. The summed E-state index contributed by atoms with van der Waals surface area (Å²) in [4.78, 5) is 89.3. The number of nitrogens with zero attached hydrogens (tertiary/aromatic N) is 3. The Morgan fingerprint density at radius 3 is 2.13 bits per heavy atom. The molecule has 53 heavy (non-hydrogen) atoms. The summed E-state index contributed by atoms with van der Waals surface area (Å²) < 4.78 is 12.2. The number of esters is 2. The lowest BCUT2D eigenvalue weighted by Gasteiger charge is -2.37. The fourth-order valence-corrected chi connectivity index (χ4v) is 7.14. The molecule has 2 fully saturated rings. The first-order chi connectivity index (χ1) is 25.0. The minimum Gasteiger partial charge on any atom is -0.460 e. The largest absolute Gasteiger partial charge is 0.460 e. The molecule has 2 saturated heterocycles. The fourth-order valence-electron chi connectivity index (χ4n) is 7.14. The fraction of sp³-hybridized carbons (Fsp3) is 0.659. The number of nitrogens with one attached hydrogen (secondary N) is 1. The number of rotatable bonds is 10. The first-order valence-corrected chi connectivity index (χ1v) is 19.2. The van der Waals surface area contributed by atoms with E-state index in [-0.39, 0.29) is 24.8 Å². The van der Waals surface area contributed by atoms with Crippen LogP contribution in [0, 0.1) is 23.7 Å². The van der Waals surface area contributed by atoms with E-state index in [4.69, 9.17) is 9.47 Å². The summed E-state index contributed by atoms with van der Waals surface area (Å²) in [5.74, 6) is -5.32. The molecule has 2 aliphatic rings. The highest BCUT2D eigenvalue weighted by molar-refractivity contribution is 5.95. The van der Waals surface area contributed by atoms with Crippen LogP contribution in [0.4, 0.5) is 0 Å². The molecule has 0 saturated carbocycles. The van der Waals surface area contributed by atoms with Crippen LogP contribution in [-0.2, 0) is 44.7 Å². The molecule has 0 aromatic heterocycles. The van der Waals surface area contributed by atoms with E-state index in [1.165, 1.54) is 21.7 Å². The van der Waals surface area contributed by atoms with Crippen LogP contribution in [0.15, 0.2) is 43.0 Å². The van der Waals surface area contributed by atoms with Gasteiger partial charge in [-0.05, 0) is 55.4 Å². The average molecular weight is 739 g/mol. The summed E-state index contributed by atoms with van der Waals surface area (Å²) in [6.07, 6.45) is 2.82.